The van der Waals surface area contributed by atoms with Gasteiger partial charge >= 0.3 is 0 Å². The minimum Gasteiger partial charge on any atom is -0.326 e. The zero-order valence-corrected chi connectivity index (χ0v) is 15.7. The van der Waals surface area contributed by atoms with E-state index in [1.54, 1.807) is 30.5 Å². The van der Waals surface area contributed by atoms with Crippen molar-refractivity contribution in [1.82, 2.24) is 9.97 Å². The number of rotatable bonds is 6. The van der Waals surface area contributed by atoms with Gasteiger partial charge in [0.1, 0.15) is 5.69 Å². The first-order valence-corrected chi connectivity index (χ1v) is 8.90. The topological polar surface area (TPSA) is 87.2 Å². The number of anilines is 4. The van der Waals surface area contributed by atoms with Crippen LogP contribution in [0.5, 0.6) is 0 Å². The number of nitrogens with zero attached hydrogens (tertiary/aromatic N) is 3. The van der Waals surface area contributed by atoms with Crippen molar-refractivity contribution in [2.45, 2.75) is 13.8 Å². The summed E-state index contributed by atoms with van der Waals surface area (Å²) in [5.74, 6) is 0.169. The van der Waals surface area contributed by atoms with Gasteiger partial charge in [-0.2, -0.15) is 0 Å². The van der Waals surface area contributed by atoms with Gasteiger partial charge in [0.15, 0.2) is 5.82 Å². The largest absolute Gasteiger partial charge is 0.326 e. The Kier molecular flexibility index (Phi) is 5.96. The average Bonchev–Trinajstić information content (AvgIpc) is 2.71. The highest BCUT2D eigenvalue weighted by Gasteiger charge is 2.12. The quantitative estimate of drug-likeness (QED) is 0.683. The minimum absolute atomic E-state index is 0.149. The Morgan fingerprint density at radius 2 is 1.54 bits per heavy atom. The zero-order chi connectivity index (χ0) is 19.9. The van der Waals surface area contributed by atoms with Crippen LogP contribution in [0.3, 0.4) is 0 Å². The van der Waals surface area contributed by atoms with Crippen LogP contribution in [0.1, 0.15) is 24.3 Å². The Balaban J connectivity index is 1.69. The summed E-state index contributed by atoms with van der Waals surface area (Å²) in [6.07, 6.45) is 3.05. The van der Waals surface area contributed by atoms with E-state index in [0.29, 0.717) is 17.2 Å². The third kappa shape index (κ3) is 4.70. The highest BCUT2D eigenvalue weighted by molar-refractivity contribution is 6.02. The van der Waals surface area contributed by atoms with E-state index in [0.717, 1.165) is 12.2 Å². The molecule has 2 amide bonds. The zero-order valence-electron chi connectivity index (χ0n) is 15.7. The molecule has 28 heavy (non-hydrogen) atoms. The van der Waals surface area contributed by atoms with Gasteiger partial charge in [-0.3, -0.25) is 9.59 Å². The number of amides is 2. The number of para-hydroxylation sites is 1. The van der Waals surface area contributed by atoms with E-state index in [-0.39, 0.29) is 17.5 Å². The van der Waals surface area contributed by atoms with Crippen LogP contribution in [-0.2, 0) is 4.79 Å². The van der Waals surface area contributed by atoms with Gasteiger partial charge in [-0.25, -0.2) is 9.97 Å². The molecule has 0 spiro atoms. The lowest BCUT2D eigenvalue weighted by molar-refractivity contribution is -0.114. The molecular weight excluding hydrogens is 354 g/mol. The van der Waals surface area contributed by atoms with Gasteiger partial charge in [-0.15, -0.1) is 0 Å². The average molecular weight is 375 g/mol. The summed E-state index contributed by atoms with van der Waals surface area (Å²) in [5.41, 5.74) is 2.49. The summed E-state index contributed by atoms with van der Waals surface area (Å²) in [4.78, 5) is 34.1. The fourth-order valence-corrected chi connectivity index (χ4v) is 2.70. The summed E-state index contributed by atoms with van der Waals surface area (Å²) in [7, 11) is 0. The first kappa shape index (κ1) is 19.0. The maximum atomic E-state index is 12.4. The van der Waals surface area contributed by atoms with Crippen LogP contribution in [0.2, 0.25) is 0 Å². The van der Waals surface area contributed by atoms with Crippen LogP contribution in [-0.4, -0.2) is 28.3 Å². The van der Waals surface area contributed by atoms with Crippen LogP contribution in [0.15, 0.2) is 67.0 Å². The number of nitrogens with one attached hydrogen (secondary N) is 2. The van der Waals surface area contributed by atoms with Crippen molar-refractivity contribution in [3.8, 4) is 0 Å². The van der Waals surface area contributed by atoms with Gasteiger partial charge in [0.05, 0.1) is 12.4 Å². The second-order valence-corrected chi connectivity index (χ2v) is 6.05. The van der Waals surface area contributed by atoms with E-state index >= 15 is 0 Å². The molecule has 7 nitrogen and oxygen atoms in total. The molecule has 0 aliphatic heterocycles. The van der Waals surface area contributed by atoms with E-state index in [9.17, 15) is 9.59 Å². The monoisotopic (exact) mass is 375 g/mol. The lowest BCUT2D eigenvalue weighted by atomic mass is 10.2. The predicted octanol–water partition coefficient (Wildman–Crippen LogP) is 3.85. The van der Waals surface area contributed by atoms with E-state index in [1.165, 1.54) is 13.1 Å². The summed E-state index contributed by atoms with van der Waals surface area (Å²) in [6, 6.07) is 16.7. The second-order valence-electron chi connectivity index (χ2n) is 6.05. The lowest BCUT2D eigenvalue weighted by Gasteiger charge is -2.21. The standard InChI is InChI=1S/C21H21N5O2/c1-3-26(18-7-5-4-6-8-18)20-14-22-19(13-23-20)21(28)25-17-11-9-16(10-12-17)24-15(2)27/h4-14H,3H2,1-2H3,(H,24,27)(H,25,28). The highest BCUT2D eigenvalue weighted by Crippen LogP contribution is 2.22. The molecule has 3 rings (SSSR count). The highest BCUT2D eigenvalue weighted by atomic mass is 16.2. The van der Waals surface area contributed by atoms with Crippen molar-refractivity contribution in [3.05, 3.63) is 72.7 Å². The first-order chi connectivity index (χ1) is 13.6. The molecule has 0 unspecified atom stereocenters. The number of hydrogen-bond donors (Lipinski definition) is 2. The maximum absolute atomic E-state index is 12.4. The molecular formula is C21H21N5O2. The van der Waals surface area contributed by atoms with Crippen LogP contribution in [0.4, 0.5) is 22.9 Å². The molecule has 0 bridgehead atoms. The van der Waals surface area contributed by atoms with Crippen molar-refractivity contribution < 1.29 is 9.59 Å². The van der Waals surface area contributed by atoms with Crippen molar-refractivity contribution >= 4 is 34.7 Å². The van der Waals surface area contributed by atoms with Gasteiger partial charge in [0.2, 0.25) is 5.91 Å². The number of hydrogen-bond acceptors (Lipinski definition) is 5. The number of carbonyl (C=O) groups excluding carboxylic acids is 2. The number of aromatic nitrogens is 2. The molecule has 142 valence electrons. The molecule has 0 saturated heterocycles. The normalized spacial score (nSPS) is 10.2. The van der Waals surface area contributed by atoms with E-state index in [4.69, 9.17) is 0 Å². The second kappa shape index (κ2) is 8.77. The van der Waals surface area contributed by atoms with Crippen molar-refractivity contribution in [2.75, 3.05) is 22.1 Å². The molecule has 2 N–H and O–H groups in total. The maximum Gasteiger partial charge on any atom is 0.275 e. The summed E-state index contributed by atoms with van der Waals surface area (Å²) >= 11 is 0. The van der Waals surface area contributed by atoms with E-state index in [1.807, 2.05) is 42.2 Å². The van der Waals surface area contributed by atoms with Crippen molar-refractivity contribution in [2.24, 2.45) is 0 Å². The Morgan fingerprint density at radius 1 is 0.893 bits per heavy atom. The molecule has 0 radical (unpaired) electrons. The molecule has 7 heteroatoms. The molecule has 1 heterocycles. The Labute approximate surface area is 163 Å². The molecule has 3 aromatic rings. The summed E-state index contributed by atoms with van der Waals surface area (Å²) < 4.78 is 0. The molecule has 0 fully saturated rings. The van der Waals surface area contributed by atoms with Crippen LogP contribution >= 0.6 is 0 Å². The van der Waals surface area contributed by atoms with Crippen molar-refractivity contribution in [1.29, 1.82) is 0 Å². The lowest BCUT2D eigenvalue weighted by Crippen LogP contribution is -2.19. The Morgan fingerprint density at radius 3 is 2.07 bits per heavy atom. The predicted molar refractivity (Wildman–Crippen MR) is 110 cm³/mol. The summed E-state index contributed by atoms with van der Waals surface area (Å²) in [6.45, 7) is 4.19. The fraction of sp³-hybridized carbons (Fsp3) is 0.143. The third-order valence-corrected chi connectivity index (χ3v) is 3.99. The molecule has 0 atom stereocenters. The molecule has 2 aromatic carbocycles. The van der Waals surface area contributed by atoms with Crippen LogP contribution in [0, 0.1) is 0 Å². The van der Waals surface area contributed by atoms with Gasteiger partial charge < -0.3 is 15.5 Å². The Hall–Kier alpha value is -3.74. The third-order valence-electron chi connectivity index (χ3n) is 3.99. The fourth-order valence-electron chi connectivity index (χ4n) is 2.70. The molecule has 0 saturated carbocycles. The Bertz CT molecular complexity index is 941. The smallest absolute Gasteiger partial charge is 0.275 e. The SMILES string of the molecule is CCN(c1ccccc1)c1cnc(C(=O)Nc2ccc(NC(C)=O)cc2)cn1. The molecule has 0 aliphatic rings. The number of benzene rings is 2. The van der Waals surface area contributed by atoms with E-state index < -0.39 is 0 Å². The molecule has 0 aliphatic carbocycles. The first-order valence-electron chi connectivity index (χ1n) is 8.90. The van der Waals surface area contributed by atoms with Crippen LogP contribution < -0.4 is 15.5 Å². The van der Waals surface area contributed by atoms with Gasteiger partial charge in [-0.1, -0.05) is 18.2 Å². The minimum atomic E-state index is -0.353. The van der Waals surface area contributed by atoms with Gasteiger partial charge in [0.25, 0.3) is 5.91 Å². The van der Waals surface area contributed by atoms with Crippen LogP contribution in [0.25, 0.3) is 0 Å². The van der Waals surface area contributed by atoms with E-state index in [2.05, 4.69) is 20.6 Å². The summed E-state index contributed by atoms with van der Waals surface area (Å²) in [5, 5.41) is 5.44. The number of carbonyl (C=O) groups is 2. The van der Waals surface area contributed by atoms with Crippen molar-refractivity contribution in [3.63, 3.8) is 0 Å². The van der Waals surface area contributed by atoms with Gasteiger partial charge in [-0.05, 0) is 43.3 Å². The van der Waals surface area contributed by atoms with Gasteiger partial charge in [0, 0.05) is 30.5 Å². The molecule has 1 aromatic heterocycles.